The number of carbonyl (C=O) groups is 4. The first-order valence-corrected chi connectivity index (χ1v) is 32.7. The van der Waals surface area contributed by atoms with E-state index in [1.165, 1.54) is 40.4 Å². The van der Waals surface area contributed by atoms with E-state index in [2.05, 4.69) is 40.9 Å². The van der Waals surface area contributed by atoms with E-state index in [9.17, 15) is 28.2 Å². The molecule has 4 heterocycles. The van der Waals surface area contributed by atoms with Gasteiger partial charge in [0.2, 0.25) is 10.0 Å². The summed E-state index contributed by atoms with van der Waals surface area (Å²) in [5.41, 5.74) is -3.19. The molecule has 88 heavy (non-hydrogen) atoms. The first-order valence-electron chi connectivity index (χ1n) is 31.2. The van der Waals surface area contributed by atoms with Gasteiger partial charge in [0.25, 0.3) is 0 Å². The quantitative estimate of drug-likeness (QED) is 0.0577. The van der Waals surface area contributed by atoms with Crippen molar-refractivity contribution in [2.24, 2.45) is 46.6 Å². The highest BCUT2D eigenvalue weighted by Crippen LogP contribution is 2.41. The summed E-state index contributed by atoms with van der Waals surface area (Å²) >= 11 is 0. The van der Waals surface area contributed by atoms with Crippen LogP contribution in [-0.2, 0) is 81.3 Å². The van der Waals surface area contributed by atoms with Crippen molar-refractivity contribution in [3.05, 3.63) is 30.3 Å². The number of hydrogen-bond donors (Lipinski definition) is 4. The minimum absolute atomic E-state index is 0.0130. The molecule has 22 atom stereocenters. The van der Waals surface area contributed by atoms with E-state index in [1.54, 1.807) is 80.5 Å². The Bertz CT molecular complexity index is 2550. The van der Waals surface area contributed by atoms with E-state index in [1.807, 2.05) is 27.7 Å². The van der Waals surface area contributed by atoms with E-state index in [-0.39, 0.29) is 67.1 Å². The number of methoxy groups -OCH3 is 2. The van der Waals surface area contributed by atoms with Crippen LogP contribution in [0, 0.1) is 41.4 Å². The average Bonchev–Trinajstić information content (AvgIpc) is 1.46. The molecule has 1 unspecified atom stereocenters. The van der Waals surface area contributed by atoms with Crippen molar-refractivity contribution in [3.63, 3.8) is 0 Å². The van der Waals surface area contributed by atoms with Crippen molar-refractivity contribution in [1.29, 1.82) is 0 Å². The lowest BCUT2D eigenvalue weighted by atomic mass is 9.74. The number of carbonyl (C=O) groups excluding carboxylic acids is 4. The second-order valence-electron chi connectivity index (χ2n) is 26.7. The number of benzene rings is 1. The summed E-state index contributed by atoms with van der Waals surface area (Å²) in [6.45, 7) is 30.5. The maximum atomic E-state index is 16.1. The maximum Gasteiger partial charge on any atom is 0.408 e. The molecule has 0 aliphatic carbocycles. The fourth-order valence-corrected chi connectivity index (χ4v) is 14.1. The zero-order valence-corrected chi connectivity index (χ0v) is 56.5. The number of rotatable bonds is 21. The Morgan fingerprint density at radius 2 is 1.47 bits per heavy atom. The Kier molecular flexibility index (Phi) is 27.7. The number of aliphatic hydroxyl groups is 2. The molecular formula is C63H106N4O20S. The number of sulfonamides is 1. The third kappa shape index (κ3) is 19.5. The predicted molar refractivity (Wildman–Crippen MR) is 325 cm³/mol. The van der Waals surface area contributed by atoms with Crippen LogP contribution >= 0.6 is 0 Å². The zero-order valence-electron chi connectivity index (χ0n) is 55.7. The van der Waals surface area contributed by atoms with Gasteiger partial charge in [-0.05, 0) is 99.6 Å². The van der Waals surface area contributed by atoms with Crippen molar-refractivity contribution in [1.82, 2.24) is 14.9 Å². The molecule has 4 fully saturated rings. The van der Waals surface area contributed by atoms with Gasteiger partial charge >= 0.3 is 18.0 Å². The summed E-state index contributed by atoms with van der Waals surface area (Å²) in [5, 5.41) is 29.8. The van der Waals surface area contributed by atoms with E-state index in [0.29, 0.717) is 13.0 Å². The molecule has 25 heteroatoms. The Hall–Kier alpha value is -3.96. The van der Waals surface area contributed by atoms with Gasteiger partial charge < -0.3 is 72.5 Å². The SMILES string of the molecule is CON=C1C[C@@H](C)O[C@@H](O[C@@H]2[C@@H](C)[C@H](O[C@H]3CC(C)N(C(C)C)C[C@H](C)O3)[C@@H](C)C(=O)O[C@H]([C@@H](C)CO[C@@H]3O[C@H](C)[C@@H](O)[C@@H](OC)[C@H]3OC)[C@H](C)[C@@H](OC(=O)CC(C)C)[C@@H](C)C(=O)[C@@](C)(OC(=O)NC(C)(C)CNS(=O)(=O)c3ccccc3)C[C@@H]2C)[C@@H]1O. The number of amides is 1. The van der Waals surface area contributed by atoms with Crippen LogP contribution in [-0.4, -0.2) is 203 Å². The number of Topliss-reactive ketones (excluding diaryl/α,β-unsaturated/α-hetero) is 1. The number of nitrogens with one attached hydrogen (secondary N) is 2. The number of ketones is 1. The molecular weight excluding hydrogens is 1160 g/mol. The van der Waals surface area contributed by atoms with E-state index >= 15 is 9.59 Å². The van der Waals surface area contributed by atoms with Crippen LogP contribution in [0.25, 0.3) is 0 Å². The number of oxime groups is 1. The van der Waals surface area contributed by atoms with Gasteiger partial charge in [0.1, 0.15) is 43.7 Å². The molecule has 1 amide bonds. The third-order valence-electron chi connectivity index (χ3n) is 17.5. The van der Waals surface area contributed by atoms with Crippen LogP contribution in [0.3, 0.4) is 0 Å². The van der Waals surface area contributed by atoms with E-state index in [4.69, 9.17) is 56.9 Å². The van der Waals surface area contributed by atoms with Crippen LogP contribution < -0.4 is 10.0 Å². The van der Waals surface area contributed by atoms with Crippen LogP contribution in [0.15, 0.2) is 40.4 Å². The summed E-state index contributed by atoms with van der Waals surface area (Å²) in [5.74, 6) is -8.11. The first kappa shape index (κ1) is 74.8. The standard InChI is InChI=1S/C63H106N4O20S/c1-33(2)26-47(68)83-53-41(11)52(36(6)31-79-60-56(77-19)55(76-18)49(69)44(14)82-60)85-58(72)43(13)54(84-48-27-37(7)67(34(3)4)30-39(9)80-48)40(10)51(86-59-50(70)46(66-78-20)28-38(8)81-59)35(5)29-63(17,57(71)42(53)12)87-61(73)65-62(15,16)32-64-88(74,75)45-24-22-21-23-25-45/h21-25,33-44,48-56,59-60,64,69-70H,26-32H2,1-20H3,(H,65,73)/t35-,36-,37?,38+,39-,40+,41-,42+,43+,44+,48-,49+,50+,51-,52+,53+,54-,55+,56+,59-,60+,63-/m0/s1. The van der Waals surface area contributed by atoms with Crippen molar-refractivity contribution in [3.8, 4) is 0 Å². The molecule has 0 bridgehead atoms. The Morgan fingerprint density at radius 1 is 0.818 bits per heavy atom. The van der Waals surface area contributed by atoms with Crippen molar-refractivity contribution < 1.29 is 94.8 Å². The van der Waals surface area contributed by atoms with Gasteiger partial charge in [-0.3, -0.25) is 19.3 Å². The second kappa shape index (κ2) is 32.5. The molecule has 0 saturated carbocycles. The van der Waals surface area contributed by atoms with Gasteiger partial charge in [-0.25, -0.2) is 17.9 Å². The molecule has 5 rings (SSSR count). The van der Waals surface area contributed by atoms with Crippen molar-refractivity contribution in [2.75, 3.05) is 41.0 Å². The second-order valence-corrected chi connectivity index (χ2v) is 28.4. The molecule has 4 aliphatic rings. The average molecular weight is 1270 g/mol. The third-order valence-corrected chi connectivity index (χ3v) is 18.9. The summed E-state index contributed by atoms with van der Waals surface area (Å²) in [6.07, 6.45) is -14.7. The largest absolute Gasteiger partial charge is 0.461 e. The smallest absolute Gasteiger partial charge is 0.408 e. The fourth-order valence-electron chi connectivity index (χ4n) is 12.8. The lowest BCUT2D eigenvalue weighted by Gasteiger charge is -2.45. The molecule has 4 saturated heterocycles. The molecule has 24 nitrogen and oxygen atoms in total. The van der Waals surface area contributed by atoms with Gasteiger partial charge in [0, 0.05) is 76.4 Å². The summed E-state index contributed by atoms with van der Waals surface area (Å²) < 4.78 is 100. The minimum atomic E-state index is -4.03. The van der Waals surface area contributed by atoms with Crippen LogP contribution in [0.5, 0.6) is 0 Å². The number of cyclic esters (lactones) is 1. The highest BCUT2D eigenvalue weighted by Gasteiger charge is 2.53. The number of nitrogens with zero attached hydrogens (tertiary/aromatic N) is 2. The molecule has 4 aliphatic heterocycles. The maximum absolute atomic E-state index is 16.1. The van der Waals surface area contributed by atoms with Gasteiger partial charge in [0.05, 0.1) is 65.1 Å². The van der Waals surface area contributed by atoms with Crippen molar-refractivity contribution in [2.45, 2.75) is 258 Å². The lowest BCUT2D eigenvalue weighted by molar-refractivity contribution is -0.305. The van der Waals surface area contributed by atoms with Gasteiger partial charge in [-0.2, -0.15) is 0 Å². The Balaban J connectivity index is 1.72. The number of aliphatic hydroxyl groups excluding tert-OH is 2. The molecule has 1 aromatic rings. The predicted octanol–water partition coefficient (Wildman–Crippen LogP) is 6.54. The highest BCUT2D eigenvalue weighted by molar-refractivity contribution is 7.89. The molecule has 0 radical (unpaired) electrons. The Labute approximate surface area is 522 Å². The van der Waals surface area contributed by atoms with E-state index < -0.39 is 160 Å². The number of alkyl carbamates (subject to hydrolysis) is 1. The topological polar surface area (TPSA) is 293 Å². The lowest BCUT2D eigenvalue weighted by Crippen LogP contribution is -2.59. The monoisotopic (exact) mass is 1270 g/mol. The molecule has 0 spiro atoms. The molecule has 0 aromatic heterocycles. The molecule has 4 N–H and O–H groups in total. The highest BCUT2D eigenvalue weighted by atomic mass is 32.2. The van der Waals surface area contributed by atoms with E-state index in [0.717, 1.165) is 0 Å². The van der Waals surface area contributed by atoms with Crippen LogP contribution in [0.2, 0.25) is 0 Å². The fraction of sp³-hybridized carbons (Fsp3) is 0.825. The number of hydrogen-bond acceptors (Lipinski definition) is 22. The Morgan fingerprint density at radius 3 is 2.07 bits per heavy atom. The summed E-state index contributed by atoms with van der Waals surface area (Å²) in [7, 11) is 0.207. The minimum Gasteiger partial charge on any atom is -0.461 e. The first-order chi connectivity index (χ1) is 41.1. The molecule has 504 valence electrons. The summed E-state index contributed by atoms with van der Waals surface area (Å²) in [6, 6.07) is 7.87. The molecule has 1 aromatic carbocycles. The van der Waals surface area contributed by atoms with Crippen molar-refractivity contribution >= 4 is 39.6 Å². The van der Waals surface area contributed by atoms with Gasteiger partial charge in [-0.1, -0.05) is 71.8 Å². The summed E-state index contributed by atoms with van der Waals surface area (Å²) in [4.78, 5) is 68.0. The van der Waals surface area contributed by atoms with Crippen LogP contribution in [0.4, 0.5) is 4.79 Å². The number of ether oxygens (including phenoxy) is 11. The van der Waals surface area contributed by atoms with Gasteiger partial charge in [0.15, 0.2) is 30.3 Å². The van der Waals surface area contributed by atoms with Crippen LogP contribution in [0.1, 0.15) is 143 Å². The van der Waals surface area contributed by atoms with Gasteiger partial charge in [-0.15, -0.1) is 0 Å². The number of esters is 2. The normalized spacial score (nSPS) is 37.1. The zero-order chi connectivity index (χ0) is 65.9.